The highest BCUT2D eigenvalue weighted by Gasteiger charge is 2.27. The molecule has 2 aliphatic rings. The molecule has 1 heterocycles. The van der Waals surface area contributed by atoms with Gasteiger partial charge in [-0.1, -0.05) is 6.92 Å². The Hall–Kier alpha value is -0.570. The molecule has 86 valence electrons. The first-order chi connectivity index (χ1) is 7.40. The van der Waals surface area contributed by atoms with Crippen molar-refractivity contribution in [2.75, 3.05) is 26.2 Å². The lowest BCUT2D eigenvalue weighted by Gasteiger charge is -2.21. The van der Waals surface area contributed by atoms with E-state index in [-0.39, 0.29) is 0 Å². The third-order valence-electron chi connectivity index (χ3n) is 3.32. The third kappa shape index (κ3) is 3.49. The lowest BCUT2D eigenvalue weighted by molar-refractivity contribution is 0.282. The average molecular weight is 209 g/mol. The summed E-state index contributed by atoms with van der Waals surface area (Å²) in [6.07, 6.45) is 6.57. The second-order valence-electron chi connectivity index (χ2n) is 4.57. The van der Waals surface area contributed by atoms with Crippen molar-refractivity contribution < 1.29 is 0 Å². The fraction of sp³-hybridized carbons (Fsp3) is 0.917. The number of nitrogens with zero attached hydrogens (tertiary/aromatic N) is 2. The predicted molar refractivity (Wildman–Crippen MR) is 64.4 cm³/mol. The molecule has 0 aromatic carbocycles. The van der Waals surface area contributed by atoms with Gasteiger partial charge in [0.15, 0.2) is 0 Å². The van der Waals surface area contributed by atoms with Gasteiger partial charge in [0.1, 0.15) is 0 Å². The molecule has 0 amide bonds. The van der Waals surface area contributed by atoms with Gasteiger partial charge in [-0.3, -0.25) is 9.89 Å². The first-order valence-corrected chi connectivity index (χ1v) is 6.41. The van der Waals surface area contributed by atoms with Gasteiger partial charge in [0.05, 0.1) is 5.84 Å². The molecule has 0 radical (unpaired) electrons. The minimum absolute atomic E-state index is 0.894. The summed E-state index contributed by atoms with van der Waals surface area (Å²) in [6.45, 7) is 6.74. The topological polar surface area (TPSA) is 27.6 Å². The van der Waals surface area contributed by atoms with E-state index in [4.69, 9.17) is 0 Å². The number of amidine groups is 1. The Morgan fingerprint density at radius 3 is 2.87 bits per heavy atom. The highest BCUT2D eigenvalue weighted by Crippen LogP contribution is 2.25. The van der Waals surface area contributed by atoms with E-state index in [0.717, 1.165) is 25.6 Å². The fourth-order valence-corrected chi connectivity index (χ4v) is 2.22. The molecule has 1 fully saturated rings. The van der Waals surface area contributed by atoms with Gasteiger partial charge in [-0.25, -0.2) is 0 Å². The van der Waals surface area contributed by atoms with Gasteiger partial charge < -0.3 is 5.32 Å². The summed E-state index contributed by atoms with van der Waals surface area (Å²) in [7, 11) is 0. The third-order valence-corrected chi connectivity index (χ3v) is 3.32. The van der Waals surface area contributed by atoms with Gasteiger partial charge >= 0.3 is 0 Å². The largest absolute Gasteiger partial charge is 0.373 e. The Bertz CT molecular complexity index is 221. The smallest absolute Gasteiger partial charge is 0.0963 e. The van der Waals surface area contributed by atoms with E-state index in [1.54, 1.807) is 0 Å². The standard InChI is InChI=1S/C12H23N3/c1-2-15(11-6-7-11)10-9-14-12-5-3-4-8-13-12/h11H,2-10H2,1H3,(H,13,14). The van der Waals surface area contributed by atoms with Gasteiger partial charge in [-0.05, 0) is 32.2 Å². The van der Waals surface area contributed by atoms with Crippen LogP contribution in [0.5, 0.6) is 0 Å². The summed E-state index contributed by atoms with van der Waals surface area (Å²) in [5.74, 6) is 1.24. The number of hydrogen-bond acceptors (Lipinski definition) is 3. The van der Waals surface area contributed by atoms with Gasteiger partial charge in [0.25, 0.3) is 0 Å². The zero-order valence-electron chi connectivity index (χ0n) is 9.84. The van der Waals surface area contributed by atoms with Crippen molar-refractivity contribution in [1.82, 2.24) is 10.2 Å². The molecule has 0 aromatic rings. The first-order valence-electron chi connectivity index (χ1n) is 6.41. The number of rotatable bonds is 5. The van der Waals surface area contributed by atoms with E-state index >= 15 is 0 Å². The van der Waals surface area contributed by atoms with Gasteiger partial charge in [0.2, 0.25) is 0 Å². The van der Waals surface area contributed by atoms with Gasteiger partial charge in [-0.15, -0.1) is 0 Å². The highest BCUT2D eigenvalue weighted by molar-refractivity contribution is 5.82. The van der Waals surface area contributed by atoms with E-state index in [9.17, 15) is 0 Å². The van der Waals surface area contributed by atoms with Crippen LogP contribution in [-0.2, 0) is 0 Å². The van der Waals surface area contributed by atoms with E-state index < -0.39 is 0 Å². The molecule has 0 spiro atoms. The second kappa shape index (κ2) is 5.50. The van der Waals surface area contributed by atoms with Crippen molar-refractivity contribution >= 4 is 5.84 Å². The Kier molecular flexibility index (Phi) is 4.01. The van der Waals surface area contributed by atoms with Crippen molar-refractivity contribution in [1.29, 1.82) is 0 Å². The molecule has 1 saturated carbocycles. The maximum absolute atomic E-state index is 4.50. The number of hydrogen-bond donors (Lipinski definition) is 1. The summed E-state index contributed by atoms with van der Waals surface area (Å²) in [4.78, 5) is 7.08. The van der Waals surface area contributed by atoms with Crippen LogP contribution < -0.4 is 5.32 Å². The molecular formula is C12H23N3. The van der Waals surface area contributed by atoms with Crippen LogP contribution in [0.2, 0.25) is 0 Å². The van der Waals surface area contributed by atoms with Crippen molar-refractivity contribution in [2.45, 2.75) is 45.1 Å². The van der Waals surface area contributed by atoms with Crippen LogP contribution in [0.15, 0.2) is 4.99 Å². The molecule has 0 aromatic heterocycles. The number of likely N-dealkylation sites (N-methyl/N-ethyl adjacent to an activating group) is 1. The van der Waals surface area contributed by atoms with E-state index in [1.165, 1.54) is 44.6 Å². The molecule has 1 aliphatic carbocycles. The minimum Gasteiger partial charge on any atom is -0.373 e. The lowest BCUT2D eigenvalue weighted by Crippen LogP contribution is -2.36. The Balaban J connectivity index is 1.62. The maximum atomic E-state index is 4.50. The van der Waals surface area contributed by atoms with Crippen LogP contribution in [0.25, 0.3) is 0 Å². The van der Waals surface area contributed by atoms with Crippen molar-refractivity contribution in [2.24, 2.45) is 4.99 Å². The minimum atomic E-state index is 0.894. The summed E-state index contributed by atoms with van der Waals surface area (Å²) < 4.78 is 0. The summed E-state index contributed by atoms with van der Waals surface area (Å²) in [6, 6.07) is 0.894. The zero-order chi connectivity index (χ0) is 10.5. The number of aliphatic imine (C=N–C) groups is 1. The van der Waals surface area contributed by atoms with Crippen LogP contribution in [0.3, 0.4) is 0 Å². The number of nitrogens with one attached hydrogen (secondary N) is 1. The van der Waals surface area contributed by atoms with Gasteiger partial charge in [0, 0.05) is 32.1 Å². The molecule has 0 unspecified atom stereocenters. The molecule has 3 nitrogen and oxygen atoms in total. The van der Waals surface area contributed by atoms with Crippen LogP contribution >= 0.6 is 0 Å². The first kappa shape index (κ1) is 10.9. The van der Waals surface area contributed by atoms with Gasteiger partial charge in [-0.2, -0.15) is 0 Å². The molecule has 1 N–H and O–H groups in total. The van der Waals surface area contributed by atoms with Crippen LogP contribution in [-0.4, -0.2) is 43.0 Å². The predicted octanol–water partition coefficient (Wildman–Crippen LogP) is 1.64. The Morgan fingerprint density at radius 2 is 2.27 bits per heavy atom. The van der Waals surface area contributed by atoms with Crippen LogP contribution in [0.4, 0.5) is 0 Å². The Labute approximate surface area is 92.9 Å². The summed E-state index contributed by atoms with van der Waals surface area (Å²) in [5, 5.41) is 3.48. The molecule has 15 heavy (non-hydrogen) atoms. The van der Waals surface area contributed by atoms with Crippen molar-refractivity contribution in [3.8, 4) is 0 Å². The van der Waals surface area contributed by atoms with E-state index in [2.05, 4.69) is 22.1 Å². The normalized spacial score (nSPS) is 21.6. The molecule has 2 rings (SSSR count). The van der Waals surface area contributed by atoms with Crippen molar-refractivity contribution in [3.05, 3.63) is 0 Å². The lowest BCUT2D eigenvalue weighted by atomic mass is 10.2. The zero-order valence-corrected chi connectivity index (χ0v) is 9.84. The Morgan fingerprint density at radius 1 is 1.40 bits per heavy atom. The van der Waals surface area contributed by atoms with E-state index in [0.29, 0.717) is 0 Å². The second-order valence-corrected chi connectivity index (χ2v) is 4.57. The SMILES string of the molecule is CCN(CCNC1=NCCCC1)C1CC1. The quantitative estimate of drug-likeness (QED) is 0.745. The molecular weight excluding hydrogens is 186 g/mol. The highest BCUT2D eigenvalue weighted by atomic mass is 15.2. The molecule has 3 heteroatoms. The molecule has 0 atom stereocenters. The van der Waals surface area contributed by atoms with Crippen LogP contribution in [0.1, 0.15) is 39.0 Å². The summed E-state index contributed by atoms with van der Waals surface area (Å²) in [5.41, 5.74) is 0. The van der Waals surface area contributed by atoms with Crippen LogP contribution in [0, 0.1) is 0 Å². The molecule has 0 bridgehead atoms. The molecule has 0 saturated heterocycles. The molecule has 1 aliphatic heterocycles. The summed E-state index contributed by atoms with van der Waals surface area (Å²) >= 11 is 0. The average Bonchev–Trinajstić information content (AvgIpc) is 3.10. The monoisotopic (exact) mass is 209 g/mol. The van der Waals surface area contributed by atoms with Crippen molar-refractivity contribution in [3.63, 3.8) is 0 Å². The fourth-order valence-electron chi connectivity index (χ4n) is 2.22. The van der Waals surface area contributed by atoms with E-state index in [1.807, 2.05) is 0 Å². The maximum Gasteiger partial charge on any atom is 0.0963 e.